The minimum Gasteiger partial charge on any atom is -0.357 e. The molecular weight excluding hydrogens is 290 g/mol. The van der Waals surface area contributed by atoms with Gasteiger partial charge in [0, 0.05) is 30.4 Å². The molecule has 1 atom stereocenters. The molecule has 1 aliphatic rings. The number of guanidine groups is 1. The van der Waals surface area contributed by atoms with E-state index in [0.717, 1.165) is 32.1 Å². The molecule has 1 unspecified atom stereocenters. The minimum absolute atomic E-state index is 0.617. The van der Waals surface area contributed by atoms with Crippen LogP contribution in [0.25, 0.3) is 0 Å². The molecule has 22 heavy (non-hydrogen) atoms. The van der Waals surface area contributed by atoms with Crippen LogP contribution in [0.4, 0.5) is 0 Å². The lowest BCUT2D eigenvalue weighted by Gasteiger charge is -2.21. The van der Waals surface area contributed by atoms with Crippen molar-refractivity contribution in [2.75, 3.05) is 19.6 Å². The highest BCUT2D eigenvalue weighted by Gasteiger charge is 2.25. The molecule has 3 rings (SSSR count). The van der Waals surface area contributed by atoms with Gasteiger partial charge in [-0.1, -0.05) is 36.4 Å². The molecule has 1 aromatic heterocycles. The van der Waals surface area contributed by atoms with Gasteiger partial charge in [0.05, 0.1) is 6.54 Å². The number of nitrogens with one attached hydrogen (secondary N) is 1. The van der Waals surface area contributed by atoms with Crippen molar-refractivity contribution in [1.82, 2.24) is 10.2 Å². The van der Waals surface area contributed by atoms with Crippen molar-refractivity contribution in [3.05, 3.63) is 58.3 Å². The molecule has 0 radical (unpaired) electrons. The number of aliphatic imine (C=N–C) groups is 1. The Labute approximate surface area is 136 Å². The van der Waals surface area contributed by atoms with E-state index in [2.05, 4.69) is 65.0 Å². The Balaban J connectivity index is 1.66. The van der Waals surface area contributed by atoms with E-state index in [1.54, 1.807) is 11.3 Å². The zero-order valence-electron chi connectivity index (χ0n) is 13.0. The van der Waals surface area contributed by atoms with Crippen molar-refractivity contribution in [2.24, 2.45) is 4.99 Å². The number of likely N-dealkylation sites (tertiary alicyclic amines) is 1. The van der Waals surface area contributed by atoms with Crippen molar-refractivity contribution in [2.45, 2.75) is 25.8 Å². The largest absolute Gasteiger partial charge is 0.357 e. The van der Waals surface area contributed by atoms with Crippen LogP contribution in [-0.2, 0) is 6.54 Å². The number of thiophene rings is 1. The van der Waals surface area contributed by atoms with Crippen molar-refractivity contribution in [1.29, 1.82) is 0 Å². The summed E-state index contributed by atoms with van der Waals surface area (Å²) >= 11 is 1.77. The van der Waals surface area contributed by atoms with Gasteiger partial charge < -0.3 is 10.2 Å². The molecule has 0 spiro atoms. The van der Waals surface area contributed by atoms with Crippen LogP contribution in [0.2, 0.25) is 0 Å². The van der Waals surface area contributed by atoms with Gasteiger partial charge in [-0.05, 0) is 30.4 Å². The van der Waals surface area contributed by atoms with E-state index < -0.39 is 0 Å². The zero-order valence-corrected chi connectivity index (χ0v) is 13.9. The van der Waals surface area contributed by atoms with Gasteiger partial charge in [-0.2, -0.15) is 0 Å². The lowest BCUT2D eigenvalue weighted by atomic mass is 9.99. The second kappa shape index (κ2) is 7.45. The van der Waals surface area contributed by atoms with Crippen molar-refractivity contribution in [3.63, 3.8) is 0 Å². The summed E-state index contributed by atoms with van der Waals surface area (Å²) in [5.74, 6) is 1.67. The first-order valence-electron chi connectivity index (χ1n) is 7.97. The molecule has 4 heteroatoms. The van der Waals surface area contributed by atoms with Gasteiger partial charge in [-0.25, -0.2) is 4.99 Å². The SMILES string of the molecule is CCNC(=NCc1cccs1)N1CCC(c2ccccc2)C1. The molecule has 2 heterocycles. The summed E-state index contributed by atoms with van der Waals surface area (Å²) in [6, 6.07) is 15.1. The fourth-order valence-corrected chi connectivity index (χ4v) is 3.56. The van der Waals surface area contributed by atoms with Crippen LogP contribution in [0.1, 0.15) is 29.7 Å². The smallest absolute Gasteiger partial charge is 0.194 e. The zero-order chi connectivity index (χ0) is 15.2. The Bertz CT molecular complexity index is 592. The van der Waals surface area contributed by atoms with Crippen LogP contribution in [0.5, 0.6) is 0 Å². The average molecular weight is 313 g/mol. The lowest BCUT2D eigenvalue weighted by Crippen LogP contribution is -2.39. The highest BCUT2D eigenvalue weighted by atomic mass is 32.1. The van der Waals surface area contributed by atoms with Crippen molar-refractivity contribution in [3.8, 4) is 0 Å². The van der Waals surface area contributed by atoms with Crippen LogP contribution in [0.3, 0.4) is 0 Å². The number of benzene rings is 1. The van der Waals surface area contributed by atoms with Crippen LogP contribution in [-0.4, -0.2) is 30.5 Å². The first-order chi connectivity index (χ1) is 10.9. The average Bonchev–Trinajstić information content (AvgIpc) is 3.24. The Morgan fingerprint density at radius 3 is 2.86 bits per heavy atom. The topological polar surface area (TPSA) is 27.6 Å². The van der Waals surface area contributed by atoms with Gasteiger partial charge in [0.25, 0.3) is 0 Å². The molecule has 0 amide bonds. The summed E-state index contributed by atoms with van der Waals surface area (Å²) in [5.41, 5.74) is 1.44. The first-order valence-corrected chi connectivity index (χ1v) is 8.85. The monoisotopic (exact) mass is 313 g/mol. The van der Waals surface area contributed by atoms with Crippen LogP contribution < -0.4 is 5.32 Å². The summed E-state index contributed by atoms with van der Waals surface area (Å²) in [7, 11) is 0. The third kappa shape index (κ3) is 3.69. The normalized spacial score (nSPS) is 18.7. The lowest BCUT2D eigenvalue weighted by molar-refractivity contribution is 0.486. The highest BCUT2D eigenvalue weighted by molar-refractivity contribution is 7.09. The Morgan fingerprint density at radius 2 is 2.14 bits per heavy atom. The van der Waals surface area contributed by atoms with Crippen LogP contribution >= 0.6 is 11.3 Å². The number of hydrogen-bond acceptors (Lipinski definition) is 2. The van der Waals surface area contributed by atoms with Gasteiger partial charge >= 0.3 is 0 Å². The van der Waals surface area contributed by atoms with E-state index in [9.17, 15) is 0 Å². The molecule has 1 aromatic carbocycles. The molecule has 1 fully saturated rings. The molecule has 2 aromatic rings. The Kier molecular flexibility index (Phi) is 5.11. The van der Waals surface area contributed by atoms with Gasteiger partial charge in [0.15, 0.2) is 5.96 Å². The summed E-state index contributed by atoms with van der Waals surface area (Å²) in [5, 5.41) is 5.55. The second-order valence-corrected chi connectivity index (χ2v) is 6.62. The third-order valence-electron chi connectivity index (χ3n) is 4.06. The van der Waals surface area contributed by atoms with Gasteiger partial charge in [0.1, 0.15) is 0 Å². The van der Waals surface area contributed by atoms with E-state index in [0.29, 0.717) is 5.92 Å². The molecule has 116 valence electrons. The summed E-state index contributed by atoms with van der Waals surface area (Å²) < 4.78 is 0. The van der Waals surface area contributed by atoms with Crippen LogP contribution in [0, 0.1) is 0 Å². The number of hydrogen-bond donors (Lipinski definition) is 1. The Morgan fingerprint density at radius 1 is 1.27 bits per heavy atom. The van der Waals surface area contributed by atoms with Gasteiger partial charge in [0.2, 0.25) is 0 Å². The Hall–Kier alpha value is -1.81. The van der Waals surface area contributed by atoms with E-state index in [4.69, 9.17) is 4.99 Å². The standard InChI is InChI=1S/C18H23N3S/c1-2-19-18(20-13-17-9-6-12-22-17)21-11-10-16(14-21)15-7-4-3-5-8-15/h3-9,12,16H,2,10-11,13-14H2,1H3,(H,19,20). The third-order valence-corrected chi connectivity index (χ3v) is 4.92. The summed E-state index contributed by atoms with van der Waals surface area (Å²) in [6.07, 6.45) is 1.20. The van der Waals surface area contributed by atoms with Crippen molar-refractivity contribution >= 4 is 17.3 Å². The molecular formula is C18H23N3S. The summed E-state index contributed by atoms with van der Waals surface area (Å²) in [6.45, 7) is 5.95. The number of nitrogens with zero attached hydrogens (tertiary/aromatic N) is 2. The summed E-state index contributed by atoms with van der Waals surface area (Å²) in [4.78, 5) is 8.52. The predicted octanol–water partition coefficient (Wildman–Crippen LogP) is 3.70. The van der Waals surface area contributed by atoms with Gasteiger partial charge in [-0.15, -0.1) is 11.3 Å². The van der Waals surface area contributed by atoms with E-state index in [-0.39, 0.29) is 0 Å². The predicted molar refractivity (Wildman–Crippen MR) is 94.5 cm³/mol. The minimum atomic E-state index is 0.617. The fraction of sp³-hybridized carbons (Fsp3) is 0.389. The highest BCUT2D eigenvalue weighted by Crippen LogP contribution is 2.27. The molecule has 0 bridgehead atoms. The quantitative estimate of drug-likeness (QED) is 0.688. The maximum Gasteiger partial charge on any atom is 0.194 e. The van der Waals surface area contributed by atoms with E-state index >= 15 is 0 Å². The molecule has 0 saturated carbocycles. The van der Waals surface area contributed by atoms with Gasteiger partial charge in [-0.3, -0.25) is 0 Å². The molecule has 3 nitrogen and oxygen atoms in total. The maximum absolute atomic E-state index is 4.81. The second-order valence-electron chi connectivity index (χ2n) is 5.59. The molecule has 1 N–H and O–H groups in total. The molecule has 1 saturated heterocycles. The fourth-order valence-electron chi connectivity index (χ4n) is 2.93. The molecule has 1 aliphatic heterocycles. The molecule has 0 aliphatic carbocycles. The maximum atomic E-state index is 4.81. The van der Waals surface area contributed by atoms with E-state index in [1.807, 2.05) is 0 Å². The van der Waals surface area contributed by atoms with Crippen molar-refractivity contribution < 1.29 is 0 Å². The van der Waals surface area contributed by atoms with Crippen LogP contribution in [0.15, 0.2) is 52.8 Å². The first kappa shape index (κ1) is 15.1. The van der Waals surface area contributed by atoms with E-state index in [1.165, 1.54) is 16.9 Å². The number of rotatable bonds is 4.